The van der Waals surface area contributed by atoms with Gasteiger partial charge >= 0.3 is 11.9 Å². The van der Waals surface area contributed by atoms with Crippen molar-refractivity contribution in [2.24, 2.45) is 0 Å². The zero-order valence-electron chi connectivity index (χ0n) is 24.8. The fourth-order valence-electron chi connectivity index (χ4n) is 5.77. The highest BCUT2D eigenvalue weighted by atomic mass is 19.1. The molecule has 0 atom stereocenters. The van der Waals surface area contributed by atoms with Crippen molar-refractivity contribution in [3.05, 3.63) is 113 Å². The Bertz CT molecular complexity index is 1740. The number of hydrogen-bond acceptors (Lipinski definition) is 5. The summed E-state index contributed by atoms with van der Waals surface area (Å²) in [6, 6.07) is 13.4. The SMILES string of the molecule is C=C1C=CC(=[N+](C)C(=O)c2[nH]c(C3CC3)nc2-c2ccc(F)cc2)C=C1C(=O)N1CCC(c2ccc(C(=O)OC)cc2)CC1. The molecule has 0 radical (unpaired) electrons. The van der Waals surface area contributed by atoms with Gasteiger partial charge in [0.1, 0.15) is 24.4 Å². The van der Waals surface area contributed by atoms with Crippen LogP contribution in [-0.4, -0.2) is 70.2 Å². The summed E-state index contributed by atoms with van der Waals surface area (Å²) in [5, 5.41) is 0. The summed E-state index contributed by atoms with van der Waals surface area (Å²) in [5.74, 6) is 0.175. The van der Waals surface area contributed by atoms with Gasteiger partial charge in [0.2, 0.25) is 5.71 Å². The number of nitrogens with zero attached hydrogens (tertiary/aromatic N) is 3. The molecule has 0 unspecified atom stereocenters. The average Bonchev–Trinajstić information content (AvgIpc) is 3.82. The Hall–Kier alpha value is -4.92. The number of piperidine rings is 1. The van der Waals surface area contributed by atoms with Crippen molar-refractivity contribution in [3.8, 4) is 11.3 Å². The van der Waals surface area contributed by atoms with Crippen LogP contribution >= 0.6 is 0 Å². The van der Waals surface area contributed by atoms with Crippen LogP contribution in [0.4, 0.5) is 4.39 Å². The van der Waals surface area contributed by atoms with Gasteiger partial charge in [-0.2, -0.15) is 4.58 Å². The number of rotatable bonds is 6. The normalized spacial score (nSPS) is 18.2. The molecule has 224 valence electrons. The number of hydrogen-bond donors (Lipinski definition) is 1. The van der Waals surface area contributed by atoms with E-state index in [0.29, 0.717) is 58.4 Å². The number of ether oxygens (including phenoxy) is 1. The van der Waals surface area contributed by atoms with Gasteiger partial charge in [-0.05, 0) is 85.2 Å². The van der Waals surface area contributed by atoms with E-state index in [9.17, 15) is 18.8 Å². The highest BCUT2D eigenvalue weighted by molar-refractivity contribution is 6.13. The lowest BCUT2D eigenvalue weighted by molar-refractivity contribution is -0.392. The highest BCUT2D eigenvalue weighted by Gasteiger charge is 2.34. The molecule has 2 amide bonds. The van der Waals surface area contributed by atoms with Gasteiger partial charge in [-0.3, -0.25) is 4.79 Å². The summed E-state index contributed by atoms with van der Waals surface area (Å²) in [6.45, 7) is 5.25. The Morgan fingerprint density at radius 2 is 1.66 bits per heavy atom. The lowest BCUT2D eigenvalue weighted by atomic mass is 9.88. The van der Waals surface area contributed by atoms with Crippen molar-refractivity contribution in [3.63, 3.8) is 0 Å². The zero-order chi connectivity index (χ0) is 31.0. The molecule has 1 aromatic heterocycles. The Kier molecular flexibility index (Phi) is 7.95. The fourth-order valence-corrected chi connectivity index (χ4v) is 5.77. The van der Waals surface area contributed by atoms with Crippen LogP contribution in [0.5, 0.6) is 0 Å². The molecule has 6 rings (SSSR count). The molecule has 1 N–H and O–H groups in total. The van der Waals surface area contributed by atoms with E-state index < -0.39 is 0 Å². The van der Waals surface area contributed by atoms with Crippen molar-refractivity contribution in [1.29, 1.82) is 0 Å². The van der Waals surface area contributed by atoms with Crippen LogP contribution in [0.15, 0.2) is 84.5 Å². The number of imidazole rings is 1. The number of esters is 1. The fraction of sp³-hybridized carbons (Fsp3) is 0.286. The Balaban J connectivity index is 1.20. The monoisotopic (exact) mass is 593 g/mol. The number of amides is 2. The number of nitrogens with one attached hydrogen (secondary N) is 1. The number of H-pyrrole nitrogens is 1. The van der Waals surface area contributed by atoms with Gasteiger partial charge in [0.25, 0.3) is 5.91 Å². The summed E-state index contributed by atoms with van der Waals surface area (Å²) >= 11 is 0. The van der Waals surface area contributed by atoms with E-state index >= 15 is 0 Å². The molecule has 1 saturated carbocycles. The number of aromatic amines is 1. The van der Waals surface area contributed by atoms with Crippen molar-refractivity contribution in [2.45, 2.75) is 37.5 Å². The highest BCUT2D eigenvalue weighted by Crippen LogP contribution is 2.40. The molecule has 8 nitrogen and oxygen atoms in total. The standard InChI is InChI=1S/C35H33FN4O4/c1-21-4-15-28(39(2)34(42)31-30(24-11-13-27(36)14-12-24)37-32(38-31)25-7-8-25)20-29(21)33(41)40-18-16-23(17-19-40)22-5-9-26(10-6-22)35(43)44-3/h4-6,9-15,20,23,25H,1,7-8,16-19H2,2-3H3/p+1. The largest absolute Gasteiger partial charge is 0.465 e. The lowest BCUT2D eigenvalue weighted by Gasteiger charge is -2.33. The van der Waals surface area contributed by atoms with Gasteiger partial charge in [-0.25, -0.2) is 19.0 Å². The third-order valence-corrected chi connectivity index (χ3v) is 8.62. The van der Waals surface area contributed by atoms with Crippen molar-refractivity contribution in [1.82, 2.24) is 14.9 Å². The second-order valence-electron chi connectivity index (χ2n) is 11.5. The number of carbonyl (C=O) groups is 3. The zero-order valence-corrected chi connectivity index (χ0v) is 24.8. The van der Waals surface area contributed by atoms with Gasteiger partial charge < -0.3 is 14.6 Å². The summed E-state index contributed by atoms with van der Waals surface area (Å²) in [4.78, 5) is 49.0. The summed E-state index contributed by atoms with van der Waals surface area (Å²) in [5.41, 5.74) is 4.70. The molecule has 2 heterocycles. The maximum Gasteiger partial charge on any atom is 0.438 e. The minimum atomic E-state index is -0.364. The number of allylic oxidation sites excluding steroid dienone is 3. The minimum absolute atomic E-state index is 0.123. The second-order valence-corrected chi connectivity index (χ2v) is 11.5. The maximum absolute atomic E-state index is 13.8. The number of benzene rings is 2. The van der Waals surface area contributed by atoms with Crippen molar-refractivity contribution in [2.75, 3.05) is 27.2 Å². The van der Waals surface area contributed by atoms with Gasteiger partial charge in [0, 0.05) is 36.7 Å². The van der Waals surface area contributed by atoms with E-state index in [4.69, 9.17) is 9.72 Å². The molecule has 1 aliphatic heterocycles. The lowest BCUT2D eigenvalue weighted by Crippen LogP contribution is -2.39. The van der Waals surface area contributed by atoms with E-state index in [1.54, 1.807) is 49.5 Å². The van der Waals surface area contributed by atoms with Crippen molar-refractivity contribution < 1.29 is 28.1 Å². The molecule has 2 aliphatic carbocycles. The molecule has 1 saturated heterocycles. The Morgan fingerprint density at radius 3 is 2.30 bits per heavy atom. The van der Waals surface area contributed by atoms with Gasteiger partial charge in [0.05, 0.1) is 18.2 Å². The predicted molar refractivity (Wildman–Crippen MR) is 164 cm³/mol. The van der Waals surface area contributed by atoms with E-state index in [1.165, 1.54) is 23.8 Å². The summed E-state index contributed by atoms with van der Waals surface area (Å²) in [6.07, 6.45) is 8.86. The molecule has 0 bridgehead atoms. The third kappa shape index (κ3) is 5.82. The van der Waals surface area contributed by atoms with E-state index in [1.807, 2.05) is 17.0 Å². The molecule has 9 heteroatoms. The Labute approximate surface area is 255 Å². The van der Waals surface area contributed by atoms with E-state index in [-0.39, 0.29) is 29.5 Å². The number of methoxy groups -OCH3 is 1. The van der Waals surface area contributed by atoms with Crippen LogP contribution in [0.25, 0.3) is 11.3 Å². The van der Waals surface area contributed by atoms with Crippen LogP contribution < -0.4 is 0 Å². The molecule has 2 fully saturated rings. The molecular formula is C35H34FN4O4+. The van der Waals surface area contributed by atoms with Gasteiger partial charge in [-0.15, -0.1) is 0 Å². The molecular weight excluding hydrogens is 559 g/mol. The van der Waals surface area contributed by atoms with E-state index in [0.717, 1.165) is 37.1 Å². The second kappa shape index (κ2) is 12.0. The average molecular weight is 594 g/mol. The minimum Gasteiger partial charge on any atom is -0.465 e. The number of likely N-dealkylation sites (tertiary alicyclic amines) is 1. The molecule has 3 aromatic rings. The van der Waals surface area contributed by atoms with Gasteiger partial charge in [0.15, 0.2) is 5.69 Å². The number of carbonyl (C=O) groups excluding carboxylic acids is 3. The summed E-state index contributed by atoms with van der Waals surface area (Å²) in [7, 11) is 3.03. The van der Waals surface area contributed by atoms with Crippen LogP contribution in [-0.2, 0) is 9.53 Å². The van der Waals surface area contributed by atoms with E-state index in [2.05, 4.69) is 11.6 Å². The number of halogens is 1. The predicted octanol–water partition coefficient (Wildman–Crippen LogP) is 5.56. The molecule has 3 aliphatic rings. The first-order valence-electron chi connectivity index (χ1n) is 14.8. The topological polar surface area (TPSA) is 95.4 Å². The van der Waals surface area contributed by atoms with Gasteiger partial charge in [-0.1, -0.05) is 18.7 Å². The van der Waals surface area contributed by atoms with Crippen LogP contribution in [0.1, 0.15) is 69.8 Å². The third-order valence-electron chi connectivity index (χ3n) is 8.62. The van der Waals surface area contributed by atoms with Crippen molar-refractivity contribution >= 4 is 23.5 Å². The molecule has 2 aromatic carbocycles. The first-order chi connectivity index (χ1) is 21.2. The van der Waals surface area contributed by atoms with Crippen LogP contribution in [0.3, 0.4) is 0 Å². The molecule has 0 spiro atoms. The number of aromatic nitrogens is 2. The maximum atomic E-state index is 13.8. The first-order valence-corrected chi connectivity index (χ1v) is 14.8. The summed E-state index contributed by atoms with van der Waals surface area (Å²) < 4.78 is 19.9. The quantitative estimate of drug-likeness (QED) is 0.298. The van der Waals surface area contributed by atoms with Crippen LogP contribution in [0.2, 0.25) is 0 Å². The smallest absolute Gasteiger partial charge is 0.438 e. The first kappa shape index (κ1) is 29.2. The Morgan fingerprint density at radius 1 is 0.977 bits per heavy atom. The van der Waals surface area contributed by atoms with Crippen LogP contribution in [0, 0.1) is 5.82 Å². The molecule has 44 heavy (non-hydrogen) atoms.